The van der Waals surface area contributed by atoms with Crippen LogP contribution in [0.3, 0.4) is 0 Å². The molecule has 86 valence electrons. The number of nitrogens with zero attached hydrogens (tertiary/aromatic N) is 2. The Morgan fingerprint density at radius 3 is 2.18 bits per heavy atom. The maximum Gasteiger partial charge on any atom is 0.143 e. The van der Waals surface area contributed by atoms with E-state index in [1.807, 2.05) is 0 Å². The molecule has 0 radical (unpaired) electrons. The minimum atomic E-state index is 0.0344. The lowest BCUT2D eigenvalue weighted by Gasteiger charge is -1.98. The van der Waals surface area contributed by atoms with Crippen molar-refractivity contribution in [2.45, 2.75) is 0 Å². The van der Waals surface area contributed by atoms with E-state index in [1.165, 1.54) is 12.1 Å². The summed E-state index contributed by atoms with van der Waals surface area (Å²) in [6, 6.07) is 11.5. The quantitative estimate of drug-likeness (QED) is 0.754. The minimum absolute atomic E-state index is 0.0344. The van der Waals surface area contributed by atoms with Gasteiger partial charge < -0.3 is 5.11 Å². The summed E-state index contributed by atoms with van der Waals surface area (Å²) >= 11 is 11.5. The SMILES string of the molecule is Oc1ccc(Cl)cc1N=Nc1ccc(Cl)cc1. The summed E-state index contributed by atoms with van der Waals surface area (Å²) in [6.07, 6.45) is 0. The van der Waals surface area contributed by atoms with Gasteiger partial charge in [0.25, 0.3) is 0 Å². The van der Waals surface area contributed by atoms with Crippen molar-refractivity contribution in [1.29, 1.82) is 0 Å². The third-order valence-corrected chi connectivity index (χ3v) is 2.52. The van der Waals surface area contributed by atoms with Gasteiger partial charge in [0.05, 0.1) is 5.69 Å². The lowest BCUT2D eigenvalue weighted by Crippen LogP contribution is -1.69. The van der Waals surface area contributed by atoms with Crippen LogP contribution in [0.2, 0.25) is 10.0 Å². The van der Waals surface area contributed by atoms with Crippen molar-refractivity contribution in [3.05, 3.63) is 52.5 Å². The van der Waals surface area contributed by atoms with Crippen LogP contribution in [0.25, 0.3) is 0 Å². The van der Waals surface area contributed by atoms with Gasteiger partial charge in [0, 0.05) is 10.0 Å². The third-order valence-electron chi connectivity index (χ3n) is 2.04. The highest BCUT2D eigenvalue weighted by atomic mass is 35.5. The maximum absolute atomic E-state index is 9.52. The standard InChI is InChI=1S/C12H8Cl2N2O/c13-8-1-4-10(5-2-8)15-16-11-7-9(14)3-6-12(11)17/h1-7,17H. The lowest BCUT2D eigenvalue weighted by atomic mass is 10.3. The highest BCUT2D eigenvalue weighted by Gasteiger charge is 2.00. The molecule has 0 spiro atoms. The summed E-state index contributed by atoms with van der Waals surface area (Å²) in [5, 5.41) is 18.5. The highest BCUT2D eigenvalue weighted by Crippen LogP contribution is 2.30. The first kappa shape index (κ1) is 11.9. The van der Waals surface area contributed by atoms with E-state index in [9.17, 15) is 5.11 Å². The fourth-order valence-electron chi connectivity index (χ4n) is 1.20. The third kappa shape index (κ3) is 3.19. The second-order valence-electron chi connectivity index (χ2n) is 3.31. The largest absolute Gasteiger partial charge is 0.506 e. The molecule has 0 aliphatic carbocycles. The van der Waals surface area contributed by atoms with E-state index >= 15 is 0 Å². The molecule has 0 saturated heterocycles. The van der Waals surface area contributed by atoms with Gasteiger partial charge >= 0.3 is 0 Å². The van der Waals surface area contributed by atoms with Gasteiger partial charge in [-0.05, 0) is 42.5 Å². The molecule has 1 N–H and O–H groups in total. The molecule has 0 aliphatic rings. The second kappa shape index (κ2) is 5.17. The van der Waals surface area contributed by atoms with Crippen LogP contribution >= 0.6 is 23.2 Å². The van der Waals surface area contributed by atoms with E-state index in [2.05, 4.69) is 10.2 Å². The molecule has 0 atom stereocenters. The van der Waals surface area contributed by atoms with Gasteiger partial charge in [-0.2, -0.15) is 5.11 Å². The van der Waals surface area contributed by atoms with Gasteiger partial charge in [0.1, 0.15) is 11.4 Å². The Morgan fingerprint density at radius 1 is 0.824 bits per heavy atom. The van der Waals surface area contributed by atoms with Crippen LogP contribution < -0.4 is 0 Å². The first-order valence-corrected chi connectivity index (χ1v) is 5.56. The first-order chi connectivity index (χ1) is 8.15. The second-order valence-corrected chi connectivity index (χ2v) is 4.18. The van der Waals surface area contributed by atoms with E-state index in [1.54, 1.807) is 30.3 Å². The van der Waals surface area contributed by atoms with E-state index in [-0.39, 0.29) is 5.75 Å². The Morgan fingerprint density at radius 2 is 1.47 bits per heavy atom. The van der Waals surface area contributed by atoms with Crippen LogP contribution in [0.4, 0.5) is 11.4 Å². The average molecular weight is 267 g/mol. The summed E-state index contributed by atoms with van der Waals surface area (Å²) in [6.45, 7) is 0. The van der Waals surface area contributed by atoms with Gasteiger partial charge in [0.2, 0.25) is 0 Å². The molecule has 2 rings (SSSR count). The van der Waals surface area contributed by atoms with Gasteiger partial charge in [-0.15, -0.1) is 5.11 Å². The predicted molar refractivity (Wildman–Crippen MR) is 68.7 cm³/mol. The molecular weight excluding hydrogens is 259 g/mol. The van der Waals surface area contributed by atoms with Crippen LogP contribution in [0, 0.1) is 0 Å². The summed E-state index contributed by atoms with van der Waals surface area (Å²) in [5.74, 6) is 0.0344. The summed E-state index contributed by atoms with van der Waals surface area (Å²) in [5.41, 5.74) is 0.973. The Bertz CT molecular complexity index is 553. The molecule has 0 saturated carbocycles. The monoisotopic (exact) mass is 266 g/mol. The number of phenols is 1. The number of halogens is 2. The van der Waals surface area contributed by atoms with E-state index in [4.69, 9.17) is 23.2 Å². The van der Waals surface area contributed by atoms with Crippen molar-refractivity contribution in [2.24, 2.45) is 10.2 Å². The molecule has 0 aromatic heterocycles. The van der Waals surface area contributed by atoms with Crippen molar-refractivity contribution >= 4 is 34.6 Å². The molecule has 0 fully saturated rings. The van der Waals surface area contributed by atoms with Gasteiger partial charge in [-0.1, -0.05) is 23.2 Å². The smallest absolute Gasteiger partial charge is 0.143 e. The molecule has 2 aromatic rings. The topological polar surface area (TPSA) is 45.0 Å². The van der Waals surface area contributed by atoms with Crippen LogP contribution in [0.1, 0.15) is 0 Å². The van der Waals surface area contributed by atoms with E-state index in [0.29, 0.717) is 21.4 Å². The zero-order valence-corrected chi connectivity index (χ0v) is 10.2. The summed E-state index contributed by atoms with van der Waals surface area (Å²) < 4.78 is 0. The van der Waals surface area contributed by atoms with E-state index in [0.717, 1.165) is 0 Å². The number of azo groups is 1. The normalized spacial score (nSPS) is 10.9. The van der Waals surface area contributed by atoms with E-state index < -0.39 is 0 Å². The van der Waals surface area contributed by atoms with Gasteiger partial charge in [0.15, 0.2) is 0 Å². The first-order valence-electron chi connectivity index (χ1n) is 4.81. The molecular formula is C12H8Cl2N2O. The lowest BCUT2D eigenvalue weighted by molar-refractivity contribution is 0.476. The molecule has 17 heavy (non-hydrogen) atoms. The Hall–Kier alpha value is -1.58. The fourth-order valence-corrected chi connectivity index (χ4v) is 1.49. The zero-order chi connectivity index (χ0) is 12.3. The molecule has 0 amide bonds. The number of rotatable bonds is 2. The minimum Gasteiger partial charge on any atom is -0.506 e. The molecule has 0 bridgehead atoms. The maximum atomic E-state index is 9.52. The molecule has 3 nitrogen and oxygen atoms in total. The average Bonchev–Trinajstić information content (AvgIpc) is 2.32. The molecule has 0 heterocycles. The Kier molecular flexibility index (Phi) is 3.61. The molecule has 0 unspecified atom stereocenters. The number of hydrogen-bond acceptors (Lipinski definition) is 3. The number of benzene rings is 2. The summed E-state index contributed by atoms with van der Waals surface area (Å²) in [7, 11) is 0. The fraction of sp³-hybridized carbons (Fsp3) is 0. The number of hydrogen-bond donors (Lipinski definition) is 1. The van der Waals surface area contributed by atoms with Crippen molar-refractivity contribution in [1.82, 2.24) is 0 Å². The van der Waals surface area contributed by atoms with Gasteiger partial charge in [-0.25, -0.2) is 0 Å². The van der Waals surface area contributed by atoms with Crippen molar-refractivity contribution in [2.75, 3.05) is 0 Å². The van der Waals surface area contributed by atoms with Crippen LogP contribution in [-0.4, -0.2) is 5.11 Å². The number of phenolic OH excluding ortho intramolecular Hbond substituents is 1. The van der Waals surface area contributed by atoms with Crippen LogP contribution in [-0.2, 0) is 0 Å². The zero-order valence-electron chi connectivity index (χ0n) is 8.64. The highest BCUT2D eigenvalue weighted by molar-refractivity contribution is 6.31. The van der Waals surface area contributed by atoms with Crippen molar-refractivity contribution in [3.8, 4) is 5.75 Å². The predicted octanol–water partition coefficient (Wildman–Crippen LogP) is 5.11. The Labute approximate surface area is 108 Å². The molecule has 0 aliphatic heterocycles. The Balaban J connectivity index is 2.25. The summed E-state index contributed by atoms with van der Waals surface area (Å²) in [4.78, 5) is 0. The van der Waals surface area contributed by atoms with Crippen LogP contribution in [0.5, 0.6) is 5.75 Å². The van der Waals surface area contributed by atoms with Crippen molar-refractivity contribution in [3.63, 3.8) is 0 Å². The molecule has 2 aromatic carbocycles. The molecule has 5 heteroatoms. The number of aromatic hydroxyl groups is 1. The van der Waals surface area contributed by atoms with Crippen LogP contribution in [0.15, 0.2) is 52.7 Å². The van der Waals surface area contributed by atoms with Gasteiger partial charge in [-0.3, -0.25) is 0 Å². The van der Waals surface area contributed by atoms with Crippen molar-refractivity contribution < 1.29 is 5.11 Å².